The maximum atomic E-state index is 12.3. The summed E-state index contributed by atoms with van der Waals surface area (Å²) in [5, 5.41) is 2.95. The predicted molar refractivity (Wildman–Crippen MR) is 111 cm³/mol. The lowest BCUT2D eigenvalue weighted by Crippen LogP contribution is -2.37. The summed E-state index contributed by atoms with van der Waals surface area (Å²) in [6.45, 7) is 7.18. The highest BCUT2D eigenvalue weighted by Gasteiger charge is 2.15. The third kappa shape index (κ3) is 4.69. The molecule has 0 saturated carbocycles. The van der Waals surface area contributed by atoms with Gasteiger partial charge in [0, 0.05) is 13.1 Å². The van der Waals surface area contributed by atoms with Crippen LogP contribution in [-0.4, -0.2) is 28.1 Å². The first-order valence-electron chi connectivity index (χ1n) is 9.08. The van der Waals surface area contributed by atoms with Gasteiger partial charge in [-0.05, 0) is 73.0 Å². The van der Waals surface area contributed by atoms with E-state index in [1.165, 1.54) is 0 Å². The van der Waals surface area contributed by atoms with Crippen molar-refractivity contribution >= 4 is 32.9 Å². The van der Waals surface area contributed by atoms with Gasteiger partial charge in [0.1, 0.15) is 11.6 Å². The molecule has 5 nitrogen and oxygen atoms in total. The normalized spacial score (nSPS) is 12.1. The first-order chi connectivity index (χ1) is 13.0. The summed E-state index contributed by atoms with van der Waals surface area (Å²) >= 11 is 3.47. The number of para-hydroxylation sites is 2. The maximum absolute atomic E-state index is 12.3. The van der Waals surface area contributed by atoms with Gasteiger partial charge < -0.3 is 14.6 Å². The number of rotatable bonds is 7. The van der Waals surface area contributed by atoms with E-state index in [1.54, 1.807) is 6.92 Å². The molecule has 0 saturated heterocycles. The highest BCUT2D eigenvalue weighted by molar-refractivity contribution is 9.10. The van der Waals surface area contributed by atoms with Crippen LogP contribution in [0.25, 0.3) is 11.0 Å². The second-order valence-corrected chi connectivity index (χ2v) is 7.49. The minimum atomic E-state index is -0.556. The highest BCUT2D eigenvalue weighted by atomic mass is 79.9. The quantitative estimate of drug-likeness (QED) is 0.566. The number of aryl methyl sites for hydroxylation is 3. The second-order valence-electron chi connectivity index (χ2n) is 6.64. The predicted octanol–water partition coefficient (Wildman–Crippen LogP) is 4.39. The molecule has 1 atom stereocenters. The smallest absolute Gasteiger partial charge is 0.260 e. The van der Waals surface area contributed by atoms with E-state index in [-0.39, 0.29) is 5.91 Å². The number of halogens is 1. The number of amides is 1. The molecule has 1 aromatic heterocycles. The van der Waals surface area contributed by atoms with Crippen LogP contribution in [0.3, 0.4) is 0 Å². The van der Waals surface area contributed by atoms with Crippen molar-refractivity contribution in [1.29, 1.82) is 0 Å². The van der Waals surface area contributed by atoms with Crippen molar-refractivity contribution in [3.8, 4) is 5.75 Å². The summed E-state index contributed by atoms with van der Waals surface area (Å²) in [5.41, 5.74) is 3.26. The Labute approximate surface area is 167 Å². The molecule has 3 aromatic rings. The molecule has 0 aliphatic heterocycles. The largest absolute Gasteiger partial charge is 0.480 e. The van der Waals surface area contributed by atoms with Gasteiger partial charge in [0.15, 0.2) is 6.10 Å². The number of ether oxygens (including phenoxy) is 1. The molecule has 0 radical (unpaired) electrons. The number of aromatic nitrogens is 2. The van der Waals surface area contributed by atoms with E-state index >= 15 is 0 Å². The topological polar surface area (TPSA) is 56.1 Å². The van der Waals surface area contributed by atoms with Gasteiger partial charge in [0.05, 0.1) is 15.5 Å². The molecule has 1 unspecified atom stereocenters. The Hall–Kier alpha value is -2.34. The van der Waals surface area contributed by atoms with Gasteiger partial charge in [0.25, 0.3) is 5.91 Å². The molecule has 0 fully saturated rings. The Morgan fingerprint density at radius 1 is 1.26 bits per heavy atom. The fourth-order valence-electron chi connectivity index (χ4n) is 3.02. The van der Waals surface area contributed by atoms with Crippen LogP contribution in [0.5, 0.6) is 5.75 Å². The minimum absolute atomic E-state index is 0.116. The number of hydrogen-bond donors (Lipinski definition) is 1. The summed E-state index contributed by atoms with van der Waals surface area (Å²) in [5.74, 6) is 1.54. The molecule has 2 aromatic carbocycles. The molecule has 27 heavy (non-hydrogen) atoms. The monoisotopic (exact) mass is 429 g/mol. The molecule has 0 bridgehead atoms. The Morgan fingerprint density at radius 3 is 2.81 bits per heavy atom. The summed E-state index contributed by atoms with van der Waals surface area (Å²) in [6, 6.07) is 13.9. The number of nitrogens with one attached hydrogen (secondary N) is 1. The Kier molecular flexibility index (Phi) is 6.16. The van der Waals surface area contributed by atoms with Gasteiger partial charge in [-0.2, -0.15) is 0 Å². The number of nitrogens with zero attached hydrogens (tertiary/aromatic N) is 2. The fourth-order valence-corrected chi connectivity index (χ4v) is 3.60. The molecule has 0 aliphatic rings. The zero-order valence-electron chi connectivity index (χ0n) is 15.8. The maximum Gasteiger partial charge on any atom is 0.260 e. The van der Waals surface area contributed by atoms with Crippen LogP contribution in [0.15, 0.2) is 46.9 Å². The van der Waals surface area contributed by atoms with Crippen LogP contribution in [-0.2, 0) is 11.3 Å². The van der Waals surface area contributed by atoms with Crippen LogP contribution in [0.2, 0.25) is 0 Å². The van der Waals surface area contributed by atoms with Crippen molar-refractivity contribution in [2.75, 3.05) is 6.54 Å². The van der Waals surface area contributed by atoms with Crippen LogP contribution in [0, 0.1) is 13.8 Å². The number of benzene rings is 2. The molecule has 0 aliphatic carbocycles. The molecule has 3 rings (SSSR count). The van der Waals surface area contributed by atoms with Gasteiger partial charge in [-0.25, -0.2) is 4.98 Å². The summed E-state index contributed by atoms with van der Waals surface area (Å²) in [7, 11) is 0. The number of carbonyl (C=O) groups excluding carboxylic acids is 1. The molecular weight excluding hydrogens is 406 g/mol. The van der Waals surface area contributed by atoms with Crippen molar-refractivity contribution in [2.24, 2.45) is 0 Å². The average molecular weight is 430 g/mol. The zero-order valence-corrected chi connectivity index (χ0v) is 17.4. The molecule has 1 N–H and O–H groups in total. The van der Waals surface area contributed by atoms with Crippen LogP contribution in [0.4, 0.5) is 0 Å². The second kappa shape index (κ2) is 8.57. The SMILES string of the molecule is Cc1ccc(OC(C)C(=O)NCCCn2c(C)nc3ccccc32)c(Br)c1. The number of fused-ring (bicyclic) bond motifs is 1. The van der Waals surface area contributed by atoms with Crippen molar-refractivity contribution in [1.82, 2.24) is 14.9 Å². The fraction of sp³-hybridized carbons (Fsp3) is 0.333. The van der Waals surface area contributed by atoms with Crippen molar-refractivity contribution in [3.05, 3.63) is 58.3 Å². The standard InChI is InChI=1S/C21H24BrN3O2/c1-14-9-10-20(17(22)13-14)27-15(2)21(26)23-11-6-12-25-16(3)24-18-7-4-5-8-19(18)25/h4-5,7-10,13,15H,6,11-12H2,1-3H3,(H,23,26). The van der Waals surface area contributed by atoms with Crippen molar-refractivity contribution in [3.63, 3.8) is 0 Å². The van der Waals surface area contributed by atoms with Crippen molar-refractivity contribution in [2.45, 2.75) is 39.8 Å². The molecule has 0 spiro atoms. The van der Waals surface area contributed by atoms with Gasteiger partial charge in [-0.15, -0.1) is 0 Å². The van der Waals surface area contributed by atoms with Gasteiger partial charge in [-0.3, -0.25) is 4.79 Å². The number of carbonyl (C=O) groups is 1. The summed E-state index contributed by atoms with van der Waals surface area (Å²) in [6.07, 6.45) is 0.272. The van der Waals surface area contributed by atoms with E-state index in [2.05, 4.69) is 36.9 Å². The third-order valence-electron chi connectivity index (χ3n) is 4.46. The molecule has 1 amide bonds. The third-order valence-corrected chi connectivity index (χ3v) is 5.08. The lowest BCUT2D eigenvalue weighted by atomic mass is 10.2. The van der Waals surface area contributed by atoms with Gasteiger partial charge >= 0.3 is 0 Å². The number of imidazole rings is 1. The Balaban J connectivity index is 1.49. The van der Waals surface area contributed by atoms with E-state index in [0.29, 0.717) is 12.3 Å². The number of hydrogen-bond acceptors (Lipinski definition) is 3. The van der Waals surface area contributed by atoms with E-state index in [4.69, 9.17) is 4.74 Å². The molecule has 6 heteroatoms. The summed E-state index contributed by atoms with van der Waals surface area (Å²) < 4.78 is 8.80. The lowest BCUT2D eigenvalue weighted by molar-refractivity contribution is -0.127. The molecule has 142 valence electrons. The minimum Gasteiger partial charge on any atom is -0.480 e. The van der Waals surface area contributed by atoms with Crippen LogP contribution in [0.1, 0.15) is 24.7 Å². The molecule has 1 heterocycles. The van der Waals surface area contributed by atoms with Gasteiger partial charge in [0.2, 0.25) is 0 Å². The van der Waals surface area contributed by atoms with E-state index in [9.17, 15) is 4.79 Å². The van der Waals surface area contributed by atoms with E-state index < -0.39 is 6.10 Å². The zero-order chi connectivity index (χ0) is 19.4. The Morgan fingerprint density at radius 2 is 2.04 bits per heavy atom. The van der Waals surface area contributed by atoms with Crippen molar-refractivity contribution < 1.29 is 9.53 Å². The van der Waals surface area contributed by atoms with E-state index in [1.807, 2.05) is 50.2 Å². The Bertz CT molecular complexity index is 952. The first-order valence-corrected chi connectivity index (χ1v) is 9.87. The van der Waals surface area contributed by atoms with Gasteiger partial charge in [-0.1, -0.05) is 18.2 Å². The first kappa shape index (κ1) is 19.4. The summed E-state index contributed by atoms with van der Waals surface area (Å²) in [4.78, 5) is 16.9. The average Bonchev–Trinajstić information content (AvgIpc) is 2.96. The van der Waals surface area contributed by atoms with Crippen LogP contribution < -0.4 is 10.1 Å². The van der Waals surface area contributed by atoms with Crippen LogP contribution >= 0.6 is 15.9 Å². The molecular formula is C21H24BrN3O2. The highest BCUT2D eigenvalue weighted by Crippen LogP contribution is 2.26. The lowest BCUT2D eigenvalue weighted by Gasteiger charge is -2.16. The van der Waals surface area contributed by atoms with E-state index in [0.717, 1.165) is 39.9 Å².